The Morgan fingerprint density at radius 3 is 2.00 bits per heavy atom. The highest BCUT2D eigenvalue weighted by molar-refractivity contribution is 5.99. The van der Waals surface area contributed by atoms with Crippen molar-refractivity contribution in [3.05, 3.63) is 102 Å². The van der Waals surface area contributed by atoms with Crippen LogP contribution in [0.5, 0.6) is 5.75 Å². The van der Waals surface area contributed by atoms with E-state index in [1.165, 1.54) is 14.2 Å². The summed E-state index contributed by atoms with van der Waals surface area (Å²) >= 11 is 0. The number of amides is 3. The molecule has 0 saturated carbocycles. The van der Waals surface area contributed by atoms with Crippen molar-refractivity contribution in [3.63, 3.8) is 0 Å². The van der Waals surface area contributed by atoms with Gasteiger partial charge >= 0.3 is 5.97 Å². The molecule has 3 N–H and O–H groups in total. The van der Waals surface area contributed by atoms with Gasteiger partial charge in [-0.25, -0.2) is 4.79 Å². The van der Waals surface area contributed by atoms with E-state index in [-0.39, 0.29) is 37.0 Å². The van der Waals surface area contributed by atoms with E-state index in [0.29, 0.717) is 24.3 Å². The van der Waals surface area contributed by atoms with Crippen molar-refractivity contribution in [2.24, 2.45) is 5.92 Å². The monoisotopic (exact) mass is 684 g/mol. The Hall–Kier alpha value is -5.03. The predicted octanol–water partition coefficient (Wildman–Crippen LogP) is 3.50. The van der Waals surface area contributed by atoms with Crippen LogP contribution in [0.1, 0.15) is 54.6 Å². The first-order chi connectivity index (χ1) is 24.1. The minimum Gasteiger partial charge on any atom is -0.497 e. The summed E-state index contributed by atoms with van der Waals surface area (Å²) in [4.78, 5) is 69.3. The molecule has 4 rings (SSSR count). The fraction of sp³-hybridized carbons (Fsp3) is 0.410. The van der Waals surface area contributed by atoms with Crippen LogP contribution < -0.4 is 20.7 Å². The lowest BCUT2D eigenvalue weighted by atomic mass is 9.98. The minimum absolute atomic E-state index is 0.0424. The summed E-state index contributed by atoms with van der Waals surface area (Å²) in [7, 11) is 2.80. The van der Waals surface area contributed by atoms with E-state index in [0.717, 1.165) is 24.0 Å². The van der Waals surface area contributed by atoms with E-state index >= 15 is 0 Å². The zero-order valence-corrected chi connectivity index (χ0v) is 29.2. The molecule has 0 unspecified atom stereocenters. The fourth-order valence-electron chi connectivity index (χ4n) is 6.11. The average Bonchev–Trinajstić information content (AvgIpc) is 3.13. The zero-order valence-electron chi connectivity index (χ0n) is 29.2. The third-order valence-corrected chi connectivity index (χ3v) is 8.90. The Kier molecular flexibility index (Phi) is 14.1. The molecule has 3 aromatic carbocycles. The van der Waals surface area contributed by atoms with Crippen LogP contribution in [0, 0.1) is 5.92 Å². The topological polar surface area (TPSA) is 143 Å². The summed E-state index contributed by atoms with van der Waals surface area (Å²) in [6.07, 6.45) is 2.56. The number of hydrogen-bond donors (Lipinski definition) is 3. The van der Waals surface area contributed by atoms with E-state index < -0.39 is 42.0 Å². The second-order valence-electron chi connectivity index (χ2n) is 12.9. The molecule has 1 aliphatic heterocycles. The molecule has 4 atom stereocenters. The number of nitrogens with zero attached hydrogens (tertiary/aromatic N) is 1. The standard InChI is InChI=1S/C39H48N4O7/c1-26(2)35(38(47)41-32(39(48)50-4)23-28-16-9-6-10-17-28)42-36(45)31(22-27-14-7-5-8-15-27)40-37(46)33-20-11-12-21-43(33)25-34(44)29-18-13-19-30(24-29)49-3/h5-10,13-19,24,26,31-33,35H,11-12,20-23,25H2,1-4H3,(H,40,46)(H,41,47)(H,42,45)/t31-,32-,33-,35-/m0/s1. The Morgan fingerprint density at radius 1 is 0.760 bits per heavy atom. The molecule has 50 heavy (non-hydrogen) atoms. The average molecular weight is 685 g/mol. The zero-order chi connectivity index (χ0) is 36.0. The number of ether oxygens (including phenoxy) is 2. The molecule has 11 nitrogen and oxygen atoms in total. The number of benzene rings is 3. The van der Waals surface area contributed by atoms with E-state index in [1.54, 1.807) is 38.1 Å². The van der Waals surface area contributed by atoms with Crippen LogP contribution in [0.25, 0.3) is 0 Å². The molecule has 1 heterocycles. The molecule has 0 aromatic heterocycles. The van der Waals surface area contributed by atoms with Gasteiger partial charge in [-0.15, -0.1) is 0 Å². The van der Waals surface area contributed by atoms with Gasteiger partial charge in [0.25, 0.3) is 0 Å². The fourth-order valence-corrected chi connectivity index (χ4v) is 6.11. The van der Waals surface area contributed by atoms with E-state index in [1.807, 2.05) is 65.6 Å². The van der Waals surface area contributed by atoms with E-state index in [9.17, 15) is 24.0 Å². The first-order valence-corrected chi connectivity index (χ1v) is 17.1. The van der Waals surface area contributed by atoms with Crippen molar-refractivity contribution in [1.29, 1.82) is 0 Å². The van der Waals surface area contributed by atoms with Gasteiger partial charge in [-0.2, -0.15) is 0 Å². The van der Waals surface area contributed by atoms with Gasteiger partial charge in [-0.05, 0) is 48.6 Å². The second kappa shape index (κ2) is 18.7. The number of likely N-dealkylation sites (tertiary alicyclic amines) is 1. The maximum Gasteiger partial charge on any atom is 0.328 e. The van der Waals surface area contributed by atoms with Gasteiger partial charge in [0.1, 0.15) is 23.9 Å². The lowest BCUT2D eigenvalue weighted by Crippen LogP contribution is -2.60. The molecule has 0 aliphatic carbocycles. The normalized spacial score (nSPS) is 16.4. The van der Waals surface area contributed by atoms with Crippen molar-refractivity contribution in [2.45, 2.75) is 70.1 Å². The van der Waals surface area contributed by atoms with Crippen molar-refractivity contribution in [3.8, 4) is 5.75 Å². The number of carbonyl (C=O) groups excluding carboxylic acids is 5. The lowest BCUT2D eigenvalue weighted by molar-refractivity contribution is -0.145. The molecule has 1 saturated heterocycles. The molecule has 3 amide bonds. The number of nitrogens with one attached hydrogen (secondary N) is 3. The van der Waals surface area contributed by atoms with Crippen LogP contribution >= 0.6 is 0 Å². The summed E-state index contributed by atoms with van der Waals surface area (Å²) < 4.78 is 10.2. The summed E-state index contributed by atoms with van der Waals surface area (Å²) in [6, 6.07) is 21.8. The Bertz CT molecular complexity index is 1600. The van der Waals surface area contributed by atoms with Crippen LogP contribution in [-0.4, -0.2) is 85.9 Å². The van der Waals surface area contributed by atoms with E-state index in [2.05, 4.69) is 16.0 Å². The van der Waals surface area contributed by atoms with Crippen LogP contribution in [0.3, 0.4) is 0 Å². The maximum absolute atomic E-state index is 14.0. The summed E-state index contributed by atoms with van der Waals surface area (Å²) in [5.41, 5.74) is 2.15. The van der Waals surface area contributed by atoms with Crippen LogP contribution in [0.15, 0.2) is 84.9 Å². The van der Waals surface area contributed by atoms with Crippen LogP contribution in [0.2, 0.25) is 0 Å². The minimum atomic E-state index is -1.02. The van der Waals surface area contributed by atoms with Gasteiger partial charge in [0.05, 0.1) is 26.8 Å². The highest BCUT2D eigenvalue weighted by Crippen LogP contribution is 2.20. The van der Waals surface area contributed by atoms with Crippen molar-refractivity contribution < 1.29 is 33.4 Å². The van der Waals surface area contributed by atoms with Crippen molar-refractivity contribution in [1.82, 2.24) is 20.9 Å². The highest BCUT2D eigenvalue weighted by Gasteiger charge is 2.35. The highest BCUT2D eigenvalue weighted by atomic mass is 16.5. The smallest absolute Gasteiger partial charge is 0.328 e. The number of methoxy groups -OCH3 is 2. The predicted molar refractivity (Wildman–Crippen MR) is 189 cm³/mol. The van der Waals surface area contributed by atoms with Gasteiger partial charge in [0, 0.05) is 18.4 Å². The molecule has 0 spiro atoms. The number of Topliss-reactive ketones (excluding diaryl/α,β-unsaturated/α-hetero) is 1. The van der Waals surface area contributed by atoms with Crippen molar-refractivity contribution in [2.75, 3.05) is 27.3 Å². The summed E-state index contributed by atoms with van der Waals surface area (Å²) in [5.74, 6) is -1.96. The Morgan fingerprint density at radius 2 is 1.40 bits per heavy atom. The van der Waals surface area contributed by atoms with Gasteiger partial charge in [0.2, 0.25) is 17.7 Å². The van der Waals surface area contributed by atoms with Crippen LogP contribution in [-0.2, 0) is 36.8 Å². The van der Waals surface area contributed by atoms with E-state index in [4.69, 9.17) is 9.47 Å². The first kappa shape index (κ1) is 37.8. The third-order valence-electron chi connectivity index (χ3n) is 8.90. The largest absolute Gasteiger partial charge is 0.497 e. The quantitative estimate of drug-likeness (QED) is 0.154. The number of piperidine rings is 1. The van der Waals surface area contributed by atoms with Gasteiger partial charge in [-0.3, -0.25) is 24.1 Å². The molecule has 11 heteroatoms. The third kappa shape index (κ3) is 10.7. The number of hydrogen-bond acceptors (Lipinski definition) is 8. The summed E-state index contributed by atoms with van der Waals surface area (Å²) in [5, 5.41) is 8.57. The molecule has 1 fully saturated rings. The second-order valence-corrected chi connectivity index (χ2v) is 12.9. The number of rotatable bonds is 16. The molecule has 1 aliphatic rings. The first-order valence-electron chi connectivity index (χ1n) is 17.1. The van der Waals surface area contributed by atoms with Gasteiger partial charge in [0.15, 0.2) is 5.78 Å². The molecule has 0 bridgehead atoms. The summed E-state index contributed by atoms with van der Waals surface area (Å²) in [6.45, 7) is 4.18. The SMILES string of the molecule is COC(=O)[C@H](Cc1ccccc1)NC(=O)[C@@H](NC(=O)[C@H](Cc1ccccc1)NC(=O)[C@@H]1CCCCN1CC(=O)c1cccc(OC)c1)C(C)C. The lowest BCUT2D eigenvalue weighted by Gasteiger charge is -2.35. The Labute approximate surface area is 294 Å². The maximum atomic E-state index is 14.0. The van der Waals surface area contributed by atoms with Crippen LogP contribution in [0.4, 0.5) is 0 Å². The van der Waals surface area contributed by atoms with Crippen molar-refractivity contribution >= 4 is 29.5 Å². The molecule has 0 radical (unpaired) electrons. The molecular formula is C39H48N4O7. The van der Waals surface area contributed by atoms with Gasteiger partial charge < -0.3 is 25.4 Å². The van der Waals surface area contributed by atoms with Gasteiger partial charge in [-0.1, -0.05) is 93.1 Å². The number of ketones is 1. The molecular weight excluding hydrogens is 636 g/mol. The molecule has 3 aromatic rings. The molecule has 266 valence electrons. The Balaban J connectivity index is 1.50. The number of carbonyl (C=O) groups is 5. The number of esters is 1.